The second-order valence-electron chi connectivity index (χ2n) is 11.6. The standard InChI is InChI=1S/C34H35N5O7S/c1-20-16-39(21(2)18-40)33(42)25-5-4-6-26(37-31(41)22-7-9-23(10-8-22)32-35-13-14-47-32)30(25)46-29(20)17-38(3)34(43)36-24-11-12-27-28(15-24)45-19-44-27/h4-15,20-21,29,40H,16-19H2,1-3H3,(H,36,43)(H,37,41)/t20-,21-,29+/m1/s1. The number of carbonyl (C=O) groups is 3. The van der Waals surface area contributed by atoms with Crippen LogP contribution in [0.3, 0.4) is 0 Å². The minimum absolute atomic E-state index is 0.126. The van der Waals surface area contributed by atoms with Crippen LogP contribution in [-0.2, 0) is 0 Å². The molecule has 0 spiro atoms. The first kappa shape index (κ1) is 31.8. The number of ether oxygens (including phenoxy) is 3. The third kappa shape index (κ3) is 6.86. The number of para-hydroxylation sites is 1. The molecule has 6 rings (SSSR count). The SMILES string of the molecule is C[C@@H]1CN([C@H](C)CO)C(=O)c2cccc(NC(=O)c3ccc(-c4nccs4)cc3)c2O[C@H]1CN(C)C(=O)Nc1ccc2c(c1)OCO2. The monoisotopic (exact) mass is 657 g/mol. The number of aliphatic hydroxyl groups is 1. The molecule has 0 fully saturated rings. The van der Waals surface area contributed by atoms with Crippen molar-refractivity contribution in [2.75, 3.05) is 44.2 Å². The molecule has 244 valence electrons. The predicted octanol–water partition coefficient (Wildman–Crippen LogP) is 5.18. The van der Waals surface area contributed by atoms with Crippen molar-refractivity contribution in [3.63, 3.8) is 0 Å². The molecule has 0 unspecified atom stereocenters. The summed E-state index contributed by atoms with van der Waals surface area (Å²) in [6, 6.07) is 16.4. The Hall–Kier alpha value is -5.14. The summed E-state index contributed by atoms with van der Waals surface area (Å²) in [7, 11) is 1.65. The number of benzene rings is 3. The number of thiazole rings is 1. The van der Waals surface area contributed by atoms with Gasteiger partial charge in [-0.2, -0.15) is 0 Å². The van der Waals surface area contributed by atoms with E-state index in [0.29, 0.717) is 28.4 Å². The number of amides is 4. The largest absolute Gasteiger partial charge is 0.485 e. The highest BCUT2D eigenvalue weighted by Crippen LogP contribution is 2.36. The van der Waals surface area contributed by atoms with Gasteiger partial charge in [-0.15, -0.1) is 11.3 Å². The van der Waals surface area contributed by atoms with Gasteiger partial charge in [-0.25, -0.2) is 9.78 Å². The van der Waals surface area contributed by atoms with E-state index in [1.54, 1.807) is 73.6 Å². The van der Waals surface area contributed by atoms with E-state index < -0.39 is 12.1 Å². The molecule has 0 saturated heterocycles. The lowest BCUT2D eigenvalue weighted by Gasteiger charge is -2.38. The van der Waals surface area contributed by atoms with Gasteiger partial charge in [0.2, 0.25) is 6.79 Å². The minimum Gasteiger partial charge on any atom is -0.485 e. The zero-order valence-corrected chi connectivity index (χ0v) is 27.0. The van der Waals surface area contributed by atoms with Crippen molar-refractivity contribution < 1.29 is 33.7 Å². The predicted molar refractivity (Wildman–Crippen MR) is 177 cm³/mol. The molecule has 47 heavy (non-hydrogen) atoms. The Labute approximate surface area is 275 Å². The summed E-state index contributed by atoms with van der Waals surface area (Å²) in [4.78, 5) is 47.9. The molecular formula is C34H35N5O7S. The maximum atomic E-state index is 13.8. The van der Waals surface area contributed by atoms with Crippen LogP contribution in [0.15, 0.2) is 72.2 Å². The Bertz CT molecular complexity index is 1770. The topological polar surface area (TPSA) is 143 Å². The summed E-state index contributed by atoms with van der Waals surface area (Å²) in [5, 5.41) is 18.5. The number of carbonyl (C=O) groups excluding carboxylic acids is 3. The van der Waals surface area contributed by atoms with Gasteiger partial charge in [-0.1, -0.05) is 25.1 Å². The van der Waals surface area contributed by atoms with Crippen LogP contribution in [-0.4, -0.2) is 83.4 Å². The number of nitrogens with zero attached hydrogens (tertiary/aromatic N) is 3. The maximum Gasteiger partial charge on any atom is 0.321 e. The van der Waals surface area contributed by atoms with E-state index in [1.807, 2.05) is 24.4 Å². The lowest BCUT2D eigenvalue weighted by Crippen LogP contribution is -2.50. The third-order valence-corrected chi connectivity index (χ3v) is 9.01. The van der Waals surface area contributed by atoms with Crippen LogP contribution in [0.5, 0.6) is 17.2 Å². The number of likely N-dealkylation sites (N-methyl/N-ethyl adjacent to an activating group) is 1. The van der Waals surface area contributed by atoms with Gasteiger partial charge < -0.3 is 39.8 Å². The number of aromatic nitrogens is 1. The molecule has 0 saturated carbocycles. The number of urea groups is 1. The van der Waals surface area contributed by atoms with E-state index >= 15 is 0 Å². The van der Waals surface area contributed by atoms with Crippen molar-refractivity contribution in [1.82, 2.24) is 14.8 Å². The molecule has 2 aliphatic heterocycles. The van der Waals surface area contributed by atoms with Crippen molar-refractivity contribution in [2.45, 2.75) is 26.0 Å². The average Bonchev–Trinajstić information content (AvgIpc) is 3.79. The molecular weight excluding hydrogens is 622 g/mol. The molecule has 0 bridgehead atoms. The van der Waals surface area contributed by atoms with E-state index in [4.69, 9.17) is 14.2 Å². The molecule has 3 atom stereocenters. The second kappa shape index (κ2) is 13.7. The van der Waals surface area contributed by atoms with Crippen LogP contribution in [0.1, 0.15) is 34.6 Å². The Morgan fingerprint density at radius 2 is 1.89 bits per heavy atom. The fourth-order valence-corrected chi connectivity index (χ4v) is 6.07. The lowest BCUT2D eigenvalue weighted by atomic mass is 9.99. The van der Waals surface area contributed by atoms with E-state index in [2.05, 4.69) is 15.6 Å². The fourth-order valence-electron chi connectivity index (χ4n) is 5.43. The second-order valence-corrected chi connectivity index (χ2v) is 12.4. The molecule has 0 aliphatic carbocycles. The first-order valence-corrected chi connectivity index (χ1v) is 16.0. The summed E-state index contributed by atoms with van der Waals surface area (Å²) in [6.07, 6.45) is 1.14. The van der Waals surface area contributed by atoms with Gasteiger partial charge in [0.1, 0.15) is 11.1 Å². The van der Waals surface area contributed by atoms with E-state index in [-0.39, 0.29) is 61.6 Å². The normalized spacial score (nSPS) is 17.5. The Kier molecular flexibility index (Phi) is 9.27. The molecule has 4 amide bonds. The molecule has 13 heteroatoms. The van der Waals surface area contributed by atoms with Crippen molar-refractivity contribution in [2.24, 2.45) is 5.92 Å². The molecule has 12 nitrogen and oxygen atoms in total. The van der Waals surface area contributed by atoms with Gasteiger partial charge in [-0.3, -0.25) is 9.59 Å². The van der Waals surface area contributed by atoms with Crippen LogP contribution in [0.25, 0.3) is 10.6 Å². The van der Waals surface area contributed by atoms with Crippen molar-refractivity contribution in [1.29, 1.82) is 0 Å². The van der Waals surface area contributed by atoms with Crippen LogP contribution >= 0.6 is 11.3 Å². The molecule has 3 aromatic carbocycles. The zero-order chi connectivity index (χ0) is 33.1. The van der Waals surface area contributed by atoms with Crippen molar-refractivity contribution in [3.05, 3.63) is 83.4 Å². The van der Waals surface area contributed by atoms with Gasteiger partial charge in [0.15, 0.2) is 17.2 Å². The Balaban J connectivity index is 1.25. The molecule has 3 heterocycles. The number of anilines is 2. The number of aliphatic hydroxyl groups excluding tert-OH is 1. The first-order valence-electron chi connectivity index (χ1n) is 15.2. The maximum absolute atomic E-state index is 13.8. The molecule has 0 radical (unpaired) electrons. The fraction of sp³-hybridized carbons (Fsp3) is 0.294. The van der Waals surface area contributed by atoms with E-state index in [9.17, 15) is 19.5 Å². The number of nitrogens with one attached hydrogen (secondary N) is 2. The zero-order valence-electron chi connectivity index (χ0n) is 26.1. The molecule has 2 aliphatic rings. The molecule has 4 aromatic rings. The number of hydrogen-bond acceptors (Lipinski definition) is 9. The highest BCUT2D eigenvalue weighted by atomic mass is 32.1. The summed E-state index contributed by atoms with van der Waals surface area (Å²) < 4.78 is 17.3. The van der Waals surface area contributed by atoms with Gasteiger partial charge in [0.25, 0.3) is 11.8 Å². The van der Waals surface area contributed by atoms with Crippen molar-refractivity contribution >= 4 is 40.6 Å². The quantitative estimate of drug-likeness (QED) is 0.236. The summed E-state index contributed by atoms with van der Waals surface area (Å²) in [6.45, 7) is 4.03. The smallest absolute Gasteiger partial charge is 0.321 e. The van der Waals surface area contributed by atoms with Gasteiger partial charge >= 0.3 is 6.03 Å². The average molecular weight is 658 g/mol. The first-order chi connectivity index (χ1) is 22.7. The molecule has 1 aromatic heterocycles. The highest BCUT2D eigenvalue weighted by Gasteiger charge is 2.35. The van der Waals surface area contributed by atoms with Gasteiger partial charge in [0, 0.05) is 54.0 Å². The summed E-state index contributed by atoms with van der Waals surface area (Å²) in [5.74, 6) is 0.383. The van der Waals surface area contributed by atoms with E-state index in [0.717, 1.165) is 10.6 Å². The summed E-state index contributed by atoms with van der Waals surface area (Å²) in [5.41, 5.74) is 2.42. The van der Waals surface area contributed by atoms with Gasteiger partial charge in [0.05, 0.1) is 30.4 Å². The number of hydrogen-bond donors (Lipinski definition) is 3. The van der Waals surface area contributed by atoms with Crippen LogP contribution in [0.2, 0.25) is 0 Å². The number of fused-ring (bicyclic) bond motifs is 2. The van der Waals surface area contributed by atoms with Crippen LogP contribution < -0.4 is 24.8 Å². The van der Waals surface area contributed by atoms with Gasteiger partial charge in [-0.05, 0) is 43.3 Å². The van der Waals surface area contributed by atoms with Crippen LogP contribution in [0, 0.1) is 5.92 Å². The Morgan fingerprint density at radius 3 is 2.64 bits per heavy atom. The lowest BCUT2D eigenvalue weighted by molar-refractivity contribution is 0.0372. The highest BCUT2D eigenvalue weighted by molar-refractivity contribution is 7.13. The van der Waals surface area contributed by atoms with Crippen molar-refractivity contribution in [3.8, 4) is 27.8 Å². The number of rotatable bonds is 8. The van der Waals surface area contributed by atoms with Crippen LogP contribution in [0.4, 0.5) is 16.2 Å². The Morgan fingerprint density at radius 1 is 1.11 bits per heavy atom. The minimum atomic E-state index is -0.585. The third-order valence-electron chi connectivity index (χ3n) is 8.19. The molecule has 3 N–H and O–H groups in total. The summed E-state index contributed by atoms with van der Waals surface area (Å²) >= 11 is 1.51. The van der Waals surface area contributed by atoms with E-state index in [1.165, 1.54) is 16.2 Å².